The number of likely N-dealkylation sites (tertiary alicyclic amines) is 1. The Hall–Kier alpha value is -3.21. The molecule has 1 amide bonds. The number of esters is 1. The van der Waals surface area contributed by atoms with Gasteiger partial charge in [-0.15, -0.1) is 0 Å². The van der Waals surface area contributed by atoms with Gasteiger partial charge in [0.25, 0.3) is 5.91 Å². The van der Waals surface area contributed by atoms with E-state index in [2.05, 4.69) is 4.98 Å². The topological polar surface area (TPSA) is 59.5 Å². The molecule has 1 atom stereocenters. The number of hydrogen-bond donors (Lipinski definition) is 0. The summed E-state index contributed by atoms with van der Waals surface area (Å²) in [6.07, 6.45) is 3.13. The van der Waals surface area contributed by atoms with Crippen LogP contribution in [0.1, 0.15) is 36.5 Å². The predicted octanol–water partition coefficient (Wildman–Crippen LogP) is 4.46. The van der Waals surface area contributed by atoms with Crippen LogP contribution in [0.25, 0.3) is 22.2 Å². The number of hydrogen-bond acceptors (Lipinski definition) is 4. The van der Waals surface area contributed by atoms with Crippen molar-refractivity contribution in [2.75, 3.05) is 13.2 Å². The first-order valence-corrected chi connectivity index (χ1v) is 10.1. The van der Waals surface area contributed by atoms with E-state index < -0.39 is 5.97 Å². The van der Waals surface area contributed by atoms with Crippen molar-refractivity contribution < 1.29 is 14.3 Å². The summed E-state index contributed by atoms with van der Waals surface area (Å²) < 4.78 is 5.43. The van der Waals surface area contributed by atoms with Gasteiger partial charge in [-0.25, -0.2) is 9.78 Å². The van der Waals surface area contributed by atoms with E-state index in [4.69, 9.17) is 4.74 Å². The second kappa shape index (κ2) is 8.43. The molecule has 0 spiro atoms. The first-order valence-electron chi connectivity index (χ1n) is 10.1. The normalized spacial score (nSPS) is 16.6. The summed E-state index contributed by atoms with van der Waals surface area (Å²) in [5.74, 6) is -0.633. The van der Waals surface area contributed by atoms with Crippen molar-refractivity contribution in [3.8, 4) is 11.3 Å². The molecule has 0 radical (unpaired) electrons. The fourth-order valence-electron chi connectivity index (χ4n) is 3.86. The summed E-state index contributed by atoms with van der Waals surface area (Å²) in [5.41, 5.74) is 2.77. The van der Waals surface area contributed by atoms with Gasteiger partial charge >= 0.3 is 5.97 Å². The van der Waals surface area contributed by atoms with E-state index in [1.807, 2.05) is 66.4 Å². The minimum atomic E-state index is -0.501. The Balaban J connectivity index is 1.59. The van der Waals surface area contributed by atoms with Gasteiger partial charge in [-0.2, -0.15) is 0 Å². The second-order valence-corrected chi connectivity index (χ2v) is 7.45. The van der Waals surface area contributed by atoms with E-state index in [0.717, 1.165) is 42.3 Å². The van der Waals surface area contributed by atoms with Gasteiger partial charge in [0.1, 0.15) is 0 Å². The van der Waals surface area contributed by atoms with Gasteiger partial charge in [0.05, 0.1) is 16.8 Å². The van der Waals surface area contributed by atoms with Crippen LogP contribution in [0.4, 0.5) is 0 Å². The van der Waals surface area contributed by atoms with Gasteiger partial charge in [-0.3, -0.25) is 4.79 Å². The molecule has 5 heteroatoms. The lowest BCUT2D eigenvalue weighted by Crippen LogP contribution is -2.44. The number of pyridine rings is 1. The lowest BCUT2D eigenvalue weighted by Gasteiger charge is -2.33. The van der Waals surface area contributed by atoms with Crippen molar-refractivity contribution >= 4 is 22.8 Å². The Labute approximate surface area is 170 Å². The number of rotatable bonds is 4. The first kappa shape index (κ1) is 19.1. The third-order valence-corrected chi connectivity index (χ3v) is 5.46. The van der Waals surface area contributed by atoms with Gasteiger partial charge in [-0.1, -0.05) is 48.5 Å². The molecule has 0 bridgehead atoms. The molecule has 1 saturated heterocycles. The molecule has 5 nitrogen and oxygen atoms in total. The van der Waals surface area contributed by atoms with Crippen molar-refractivity contribution in [1.82, 2.24) is 9.88 Å². The van der Waals surface area contributed by atoms with E-state index in [9.17, 15) is 9.59 Å². The maximum atomic E-state index is 12.9. The number of benzene rings is 2. The third kappa shape index (κ3) is 4.14. The van der Waals surface area contributed by atoms with E-state index in [0.29, 0.717) is 11.3 Å². The van der Waals surface area contributed by atoms with Crippen molar-refractivity contribution in [3.63, 3.8) is 0 Å². The Bertz CT molecular complexity index is 1030. The van der Waals surface area contributed by atoms with Crippen molar-refractivity contribution in [3.05, 3.63) is 66.2 Å². The van der Waals surface area contributed by atoms with Crippen LogP contribution in [0.5, 0.6) is 0 Å². The monoisotopic (exact) mass is 388 g/mol. The van der Waals surface area contributed by atoms with Crippen LogP contribution in [-0.2, 0) is 9.53 Å². The van der Waals surface area contributed by atoms with Gasteiger partial charge in [0.2, 0.25) is 0 Å². The quantitative estimate of drug-likeness (QED) is 0.619. The molecule has 2 aromatic carbocycles. The molecule has 148 valence electrons. The number of carbonyl (C=O) groups excluding carboxylic acids is 2. The molecular formula is C24H24N2O3. The summed E-state index contributed by atoms with van der Waals surface area (Å²) in [5, 5.41) is 0.718. The molecule has 1 aliphatic heterocycles. The van der Waals surface area contributed by atoms with Crippen LogP contribution in [0, 0.1) is 0 Å². The zero-order valence-electron chi connectivity index (χ0n) is 16.5. The Morgan fingerprint density at radius 2 is 1.83 bits per heavy atom. The first-order chi connectivity index (χ1) is 14.1. The fraction of sp³-hybridized carbons (Fsp3) is 0.292. The van der Waals surface area contributed by atoms with Crippen LogP contribution in [-0.4, -0.2) is 41.0 Å². The summed E-state index contributed by atoms with van der Waals surface area (Å²) in [4.78, 5) is 31.9. The smallest absolute Gasteiger partial charge is 0.339 e. The molecule has 4 rings (SSSR count). The molecule has 29 heavy (non-hydrogen) atoms. The molecule has 0 saturated carbocycles. The van der Waals surface area contributed by atoms with Crippen molar-refractivity contribution in [1.29, 1.82) is 0 Å². The molecule has 0 N–H and O–H groups in total. The number of ether oxygens (including phenoxy) is 1. The van der Waals surface area contributed by atoms with Gasteiger partial charge < -0.3 is 9.64 Å². The van der Waals surface area contributed by atoms with Crippen LogP contribution >= 0.6 is 0 Å². The molecular weight excluding hydrogens is 364 g/mol. The van der Waals surface area contributed by atoms with Crippen LogP contribution in [0.15, 0.2) is 60.7 Å². The predicted molar refractivity (Wildman–Crippen MR) is 112 cm³/mol. The van der Waals surface area contributed by atoms with Crippen LogP contribution in [0.3, 0.4) is 0 Å². The number of aromatic nitrogens is 1. The lowest BCUT2D eigenvalue weighted by atomic mass is 10.0. The summed E-state index contributed by atoms with van der Waals surface area (Å²) in [6, 6.07) is 19.1. The average molecular weight is 388 g/mol. The van der Waals surface area contributed by atoms with E-state index in [1.54, 1.807) is 6.07 Å². The molecule has 1 fully saturated rings. The van der Waals surface area contributed by atoms with Gasteiger partial charge in [-0.05, 0) is 38.3 Å². The molecule has 1 aromatic heterocycles. The minimum absolute atomic E-state index is 0.132. The van der Waals surface area contributed by atoms with Crippen molar-refractivity contribution in [2.45, 2.75) is 32.2 Å². The summed E-state index contributed by atoms with van der Waals surface area (Å²) >= 11 is 0. The molecule has 1 unspecified atom stereocenters. The standard InChI is InChI=1S/C24H24N2O3/c1-17-9-7-8-14-26(17)23(27)16-29-24(28)20-15-22(18-10-3-2-4-11-18)25-21-13-6-5-12-19(20)21/h2-6,10-13,15,17H,7-9,14,16H2,1H3. The maximum Gasteiger partial charge on any atom is 0.339 e. The fourth-order valence-corrected chi connectivity index (χ4v) is 3.86. The highest BCUT2D eigenvalue weighted by atomic mass is 16.5. The minimum Gasteiger partial charge on any atom is -0.452 e. The molecule has 0 aliphatic carbocycles. The highest BCUT2D eigenvalue weighted by molar-refractivity contribution is 6.05. The van der Waals surface area contributed by atoms with Gasteiger partial charge in [0, 0.05) is 23.5 Å². The largest absolute Gasteiger partial charge is 0.452 e. The molecule has 3 aromatic rings. The summed E-state index contributed by atoms with van der Waals surface area (Å²) in [6.45, 7) is 2.54. The number of carbonyl (C=O) groups is 2. The number of nitrogens with zero attached hydrogens (tertiary/aromatic N) is 2. The van der Waals surface area contributed by atoms with E-state index in [-0.39, 0.29) is 18.6 Å². The zero-order valence-corrected chi connectivity index (χ0v) is 16.5. The Morgan fingerprint density at radius 1 is 1.07 bits per heavy atom. The Kier molecular flexibility index (Phi) is 5.56. The Morgan fingerprint density at radius 3 is 2.62 bits per heavy atom. The van der Waals surface area contributed by atoms with Gasteiger partial charge in [0.15, 0.2) is 6.61 Å². The zero-order chi connectivity index (χ0) is 20.2. The van der Waals surface area contributed by atoms with Crippen molar-refractivity contribution in [2.24, 2.45) is 0 Å². The number of piperidine rings is 1. The second-order valence-electron chi connectivity index (χ2n) is 7.45. The van der Waals surface area contributed by atoms with E-state index >= 15 is 0 Å². The maximum absolute atomic E-state index is 12.9. The lowest BCUT2D eigenvalue weighted by molar-refractivity contribution is -0.137. The highest BCUT2D eigenvalue weighted by Gasteiger charge is 2.24. The molecule has 2 heterocycles. The van der Waals surface area contributed by atoms with E-state index in [1.165, 1.54) is 0 Å². The van der Waals surface area contributed by atoms with Crippen LogP contribution in [0.2, 0.25) is 0 Å². The number of fused-ring (bicyclic) bond motifs is 1. The summed E-state index contributed by atoms with van der Waals surface area (Å²) in [7, 11) is 0. The highest BCUT2D eigenvalue weighted by Crippen LogP contribution is 2.25. The van der Waals surface area contributed by atoms with Crippen LogP contribution < -0.4 is 0 Å². The SMILES string of the molecule is CC1CCCCN1C(=O)COC(=O)c1cc(-c2ccccc2)nc2ccccc12. The third-order valence-electron chi connectivity index (χ3n) is 5.46. The number of para-hydroxylation sites is 1. The number of amides is 1. The average Bonchev–Trinajstić information content (AvgIpc) is 2.77. The molecule has 1 aliphatic rings.